The van der Waals surface area contributed by atoms with Crippen molar-refractivity contribution in [1.82, 2.24) is 25.4 Å². The molecule has 0 unspecified atom stereocenters. The maximum Gasteiger partial charge on any atom is 0.242 e. The summed E-state index contributed by atoms with van der Waals surface area (Å²) in [4.78, 5) is 27.1. The molecule has 1 fully saturated rings. The Morgan fingerprint density at radius 1 is 1.56 bits per heavy atom. The molecule has 0 radical (unpaired) electrons. The number of amides is 2. The molecule has 0 spiro atoms. The second kappa shape index (κ2) is 6.13. The first-order chi connectivity index (χ1) is 8.75. The minimum Gasteiger partial charge on any atom is -0.354 e. The van der Waals surface area contributed by atoms with Crippen LogP contribution in [0.25, 0.3) is 0 Å². The maximum absolute atomic E-state index is 11.7. The van der Waals surface area contributed by atoms with Crippen molar-refractivity contribution in [1.29, 1.82) is 0 Å². The number of nitrogens with zero attached hydrogens (tertiary/aromatic N) is 3. The fourth-order valence-electron chi connectivity index (χ4n) is 1.91. The van der Waals surface area contributed by atoms with E-state index >= 15 is 0 Å². The van der Waals surface area contributed by atoms with Gasteiger partial charge in [-0.15, -0.1) is 0 Å². The smallest absolute Gasteiger partial charge is 0.242 e. The molecular formula is C11H17N5O2. The largest absolute Gasteiger partial charge is 0.354 e. The summed E-state index contributed by atoms with van der Waals surface area (Å²) in [5.41, 5.74) is 0. The Morgan fingerprint density at radius 2 is 2.44 bits per heavy atom. The first kappa shape index (κ1) is 12.5. The van der Waals surface area contributed by atoms with E-state index in [1.807, 2.05) is 0 Å². The normalized spacial score (nSPS) is 20.0. The predicted octanol–water partition coefficient (Wildman–Crippen LogP) is -0.547. The van der Waals surface area contributed by atoms with Crippen LogP contribution in [-0.4, -0.2) is 39.2 Å². The summed E-state index contributed by atoms with van der Waals surface area (Å²) in [5.74, 6) is -0.214. The Labute approximate surface area is 105 Å². The van der Waals surface area contributed by atoms with Gasteiger partial charge in [0.2, 0.25) is 11.8 Å². The SMILES string of the molecule is O=C(CCn1cncn1)N[C@H]1CCCCNC1=O. The van der Waals surface area contributed by atoms with Crippen molar-refractivity contribution < 1.29 is 9.59 Å². The third-order valence-corrected chi connectivity index (χ3v) is 2.91. The Hall–Kier alpha value is -1.92. The van der Waals surface area contributed by atoms with E-state index in [0.717, 1.165) is 12.8 Å². The summed E-state index contributed by atoms with van der Waals surface area (Å²) in [7, 11) is 0. The summed E-state index contributed by atoms with van der Waals surface area (Å²) in [6, 6.07) is -0.393. The summed E-state index contributed by atoms with van der Waals surface area (Å²) >= 11 is 0. The number of carbonyl (C=O) groups excluding carboxylic acids is 2. The number of aryl methyl sites for hydroxylation is 1. The van der Waals surface area contributed by atoms with Crippen LogP contribution in [0.5, 0.6) is 0 Å². The van der Waals surface area contributed by atoms with Crippen LogP contribution in [0.4, 0.5) is 0 Å². The number of nitrogens with one attached hydrogen (secondary N) is 2. The van der Waals surface area contributed by atoms with E-state index in [1.54, 1.807) is 11.0 Å². The molecule has 0 aromatic carbocycles. The molecule has 7 heteroatoms. The van der Waals surface area contributed by atoms with Gasteiger partial charge in [0.15, 0.2) is 0 Å². The van der Waals surface area contributed by atoms with Gasteiger partial charge >= 0.3 is 0 Å². The quantitative estimate of drug-likeness (QED) is 0.751. The topological polar surface area (TPSA) is 88.9 Å². The highest BCUT2D eigenvalue weighted by Gasteiger charge is 2.21. The highest BCUT2D eigenvalue weighted by molar-refractivity contribution is 5.87. The standard InChI is InChI=1S/C11H17N5O2/c17-10(4-6-16-8-12-7-14-16)15-9-3-1-2-5-13-11(9)18/h7-9H,1-6H2,(H,13,18)(H,15,17)/t9-/m0/s1. The zero-order chi connectivity index (χ0) is 12.8. The molecule has 98 valence electrons. The van der Waals surface area contributed by atoms with Crippen molar-refractivity contribution in [3.63, 3.8) is 0 Å². The first-order valence-electron chi connectivity index (χ1n) is 6.15. The highest BCUT2D eigenvalue weighted by Crippen LogP contribution is 2.05. The molecule has 2 rings (SSSR count). The van der Waals surface area contributed by atoms with Crippen molar-refractivity contribution >= 4 is 11.8 Å². The molecule has 0 bridgehead atoms. The lowest BCUT2D eigenvalue weighted by molar-refractivity contribution is -0.128. The van der Waals surface area contributed by atoms with Crippen molar-refractivity contribution in [2.75, 3.05) is 6.54 Å². The summed E-state index contributed by atoms with van der Waals surface area (Å²) in [6.07, 6.45) is 5.92. The Morgan fingerprint density at radius 3 is 3.22 bits per heavy atom. The average molecular weight is 251 g/mol. The molecule has 1 atom stereocenters. The first-order valence-corrected chi connectivity index (χ1v) is 6.15. The van der Waals surface area contributed by atoms with Crippen molar-refractivity contribution in [3.8, 4) is 0 Å². The van der Waals surface area contributed by atoms with Gasteiger partial charge in [-0.05, 0) is 19.3 Å². The van der Waals surface area contributed by atoms with Crippen LogP contribution < -0.4 is 10.6 Å². The molecule has 1 aromatic heterocycles. The molecule has 1 aliphatic rings. The van der Waals surface area contributed by atoms with Crippen LogP contribution in [-0.2, 0) is 16.1 Å². The van der Waals surface area contributed by atoms with Gasteiger partial charge in [0.25, 0.3) is 0 Å². The van der Waals surface area contributed by atoms with E-state index in [0.29, 0.717) is 25.9 Å². The third-order valence-electron chi connectivity index (χ3n) is 2.91. The molecule has 2 amide bonds. The molecular weight excluding hydrogens is 234 g/mol. The molecule has 1 aromatic rings. The zero-order valence-corrected chi connectivity index (χ0v) is 10.1. The van der Waals surface area contributed by atoms with E-state index in [1.165, 1.54) is 6.33 Å². The number of aromatic nitrogens is 3. The Balaban J connectivity index is 1.77. The third kappa shape index (κ3) is 3.54. The number of rotatable bonds is 4. The summed E-state index contributed by atoms with van der Waals surface area (Å²) in [6.45, 7) is 1.17. The van der Waals surface area contributed by atoms with Crippen LogP contribution in [0.1, 0.15) is 25.7 Å². The number of carbonyl (C=O) groups is 2. The Kier molecular flexibility index (Phi) is 4.27. The second-order valence-electron chi connectivity index (χ2n) is 4.32. The lowest BCUT2D eigenvalue weighted by Crippen LogP contribution is -2.45. The molecule has 18 heavy (non-hydrogen) atoms. The Bertz CT molecular complexity index is 404. The zero-order valence-electron chi connectivity index (χ0n) is 10.1. The van der Waals surface area contributed by atoms with E-state index in [2.05, 4.69) is 20.7 Å². The fourth-order valence-corrected chi connectivity index (χ4v) is 1.91. The second-order valence-corrected chi connectivity index (χ2v) is 4.32. The van der Waals surface area contributed by atoms with Crippen LogP contribution in [0, 0.1) is 0 Å². The lowest BCUT2D eigenvalue weighted by Gasteiger charge is -2.14. The molecule has 0 aliphatic carbocycles. The van der Waals surface area contributed by atoms with Crippen molar-refractivity contribution in [2.45, 2.75) is 38.3 Å². The lowest BCUT2D eigenvalue weighted by atomic mass is 10.1. The summed E-state index contributed by atoms with van der Waals surface area (Å²) < 4.78 is 1.59. The molecule has 0 saturated carbocycles. The van der Waals surface area contributed by atoms with E-state index in [4.69, 9.17) is 0 Å². The fraction of sp³-hybridized carbons (Fsp3) is 0.636. The number of hydrogen-bond acceptors (Lipinski definition) is 4. The van der Waals surface area contributed by atoms with E-state index in [9.17, 15) is 9.59 Å². The molecule has 1 saturated heterocycles. The van der Waals surface area contributed by atoms with Crippen LogP contribution >= 0.6 is 0 Å². The molecule has 1 aliphatic heterocycles. The van der Waals surface area contributed by atoms with Gasteiger partial charge in [-0.1, -0.05) is 0 Å². The van der Waals surface area contributed by atoms with Crippen LogP contribution in [0.15, 0.2) is 12.7 Å². The van der Waals surface area contributed by atoms with Crippen molar-refractivity contribution in [2.24, 2.45) is 0 Å². The van der Waals surface area contributed by atoms with Crippen LogP contribution in [0.3, 0.4) is 0 Å². The molecule has 2 N–H and O–H groups in total. The maximum atomic E-state index is 11.7. The van der Waals surface area contributed by atoms with Gasteiger partial charge in [0.05, 0.1) is 6.54 Å². The number of hydrogen-bond donors (Lipinski definition) is 2. The predicted molar refractivity (Wildman–Crippen MR) is 63.4 cm³/mol. The van der Waals surface area contributed by atoms with E-state index in [-0.39, 0.29) is 11.8 Å². The van der Waals surface area contributed by atoms with Gasteiger partial charge in [-0.3, -0.25) is 14.3 Å². The minimum absolute atomic E-state index is 0.0818. The van der Waals surface area contributed by atoms with Crippen molar-refractivity contribution in [3.05, 3.63) is 12.7 Å². The van der Waals surface area contributed by atoms with Gasteiger partial charge in [-0.25, -0.2) is 4.98 Å². The van der Waals surface area contributed by atoms with Gasteiger partial charge < -0.3 is 10.6 Å². The molecule has 2 heterocycles. The molecule has 7 nitrogen and oxygen atoms in total. The van der Waals surface area contributed by atoms with E-state index < -0.39 is 6.04 Å². The average Bonchev–Trinajstić information content (AvgIpc) is 2.80. The minimum atomic E-state index is -0.393. The van der Waals surface area contributed by atoms with Crippen LogP contribution in [0.2, 0.25) is 0 Å². The monoisotopic (exact) mass is 251 g/mol. The summed E-state index contributed by atoms with van der Waals surface area (Å²) in [5, 5.41) is 9.46. The highest BCUT2D eigenvalue weighted by atomic mass is 16.2. The van der Waals surface area contributed by atoms with Gasteiger partial charge in [-0.2, -0.15) is 5.10 Å². The van der Waals surface area contributed by atoms with Gasteiger partial charge in [0, 0.05) is 13.0 Å². The van der Waals surface area contributed by atoms with Gasteiger partial charge in [0.1, 0.15) is 18.7 Å².